The number of hydrogen-bond donors (Lipinski definition) is 4. The average molecular weight is 218 g/mol. The van der Waals surface area contributed by atoms with Crippen molar-refractivity contribution in [3.05, 3.63) is 11.3 Å². The molecule has 15 heavy (non-hydrogen) atoms. The molecule has 0 aromatic carbocycles. The molecule has 0 heterocycles. The first-order valence-corrected chi connectivity index (χ1v) is 3.97. The Morgan fingerprint density at radius 3 is 2.13 bits per heavy atom. The Hall–Kier alpha value is -1.64. The Morgan fingerprint density at radius 1 is 1.20 bits per heavy atom. The number of rotatable bonds is 4. The smallest absolute Gasteiger partial charge is 0.375 e. The molecule has 0 rings (SSSR count). The Labute approximate surface area is 86.3 Å². The van der Waals surface area contributed by atoms with Crippen LogP contribution in [0.3, 0.4) is 0 Å². The summed E-state index contributed by atoms with van der Waals surface area (Å²) in [5.41, 5.74) is 17.3. The van der Waals surface area contributed by atoms with Crippen LogP contribution in [0.4, 0.5) is 0 Å². The van der Waals surface area contributed by atoms with E-state index in [1.807, 2.05) is 0 Å². The number of hydrogen-bond acceptors (Lipinski definition) is 8. The zero-order chi connectivity index (χ0) is 12.0. The van der Waals surface area contributed by atoms with Crippen LogP contribution in [-0.2, 0) is 19.3 Å². The van der Waals surface area contributed by atoms with Crippen LogP contribution in [-0.4, -0.2) is 18.1 Å². The summed E-state index contributed by atoms with van der Waals surface area (Å²) in [6, 6.07) is 0. The van der Waals surface area contributed by atoms with Gasteiger partial charge in [0.1, 0.15) is 5.70 Å². The summed E-state index contributed by atoms with van der Waals surface area (Å²) < 4.78 is 0. The Bertz CT molecular complexity index is 283. The molecule has 0 saturated heterocycles. The first-order valence-electron chi connectivity index (χ1n) is 3.97. The van der Waals surface area contributed by atoms with Gasteiger partial charge in [0.05, 0.1) is 0 Å². The molecule has 0 aromatic rings. The monoisotopic (exact) mass is 218 g/mol. The number of allylic oxidation sites excluding steroid dienone is 1. The van der Waals surface area contributed by atoms with Gasteiger partial charge in [-0.05, 0) is 19.4 Å². The minimum atomic E-state index is -1.31. The summed E-state index contributed by atoms with van der Waals surface area (Å²) in [6.07, 6.45) is -1.31. The van der Waals surface area contributed by atoms with Crippen LogP contribution in [0.5, 0.6) is 0 Å². The van der Waals surface area contributed by atoms with Crippen molar-refractivity contribution in [2.75, 3.05) is 0 Å². The van der Waals surface area contributed by atoms with E-state index in [1.165, 1.54) is 0 Å². The first kappa shape index (κ1) is 13.4. The quantitative estimate of drug-likeness (QED) is 0.241. The maximum Gasteiger partial charge on any atom is 0.375 e. The fourth-order valence-corrected chi connectivity index (χ4v) is 0.427. The highest BCUT2D eigenvalue weighted by Gasteiger charge is 2.12. The highest BCUT2D eigenvalue weighted by molar-refractivity contribution is 5.87. The van der Waals surface area contributed by atoms with E-state index in [2.05, 4.69) is 9.68 Å². The van der Waals surface area contributed by atoms with Gasteiger partial charge in [0.15, 0.2) is 6.17 Å². The van der Waals surface area contributed by atoms with Crippen molar-refractivity contribution in [3.8, 4) is 0 Å². The van der Waals surface area contributed by atoms with Crippen molar-refractivity contribution in [3.63, 3.8) is 0 Å². The molecule has 0 saturated carbocycles. The van der Waals surface area contributed by atoms with Gasteiger partial charge in [0.25, 0.3) is 0 Å². The minimum Gasteiger partial charge on any atom is -0.393 e. The number of nitrogens with one attached hydrogen (secondary N) is 1. The van der Waals surface area contributed by atoms with E-state index >= 15 is 0 Å². The lowest BCUT2D eigenvalue weighted by Crippen LogP contribution is -2.43. The lowest BCUT2D eigenvalue weighted by molar-refractivity contribution is -0.196. The standard InChI is InChI=1S/C7H14N4O4/c1-3(2)4(8)6(12)14-11-15-7(13)5(9)10/h5,11H,8-10H2,1-2H3. The molecule has 8 heteroatoms. The van der Waals surface area contributed by atoms with E-state index in [-0.39, 0.29) is 5.70 Å². The van der Waals surface area contributed by atoms with Gasteiger partial charge in [0, 0.05) is 5.64 Å². The second-order valence-electron chi connectivity index (χ2n) is 2.83. The van der Waals surface area contributed by atoms with E-state index < -0.39 is 18.1 Å². The summed E-state index contributed by atoms with van der Waals surface area (Å²) >= 11 is 0. The molecule has 0 amide bonds. The molecule has 86 valence electrons. The molecule has 0 aromatic heterocycles. The van der Waals surface area contributed by atoms with Crippen LogP contribution in [0, 0.1) is 0 Å². The van der Waals surface area contributed by atoms with Crippen molar-refractivity contribution in [1.29, 1.82) is 0 Å². The third kappa shape index (κ3) is 4.96. The Balaban J connectivity index is 3.94. The predicted molar refractivity (Wildman–Crippen MR) is 50.0 cm³/mol. The number of nitrogens with two attached hydrogens (primary N) is 3. The zero-order valence-electron chi connectivity index (χ0n) is 8.44. The normalized spacial score (nSPS) is 9.67. The molecule has 0 aliphatic heterocycles. The molecule has 8 nitrogen and oxygen atoms in total. The van der Waals surface area contributed by atoms with Crippen molar-refractivity contribution < 1.29 is 19.3 Å². The van der Waals surface area contributed by atoms with Gasteiger partial charge in [-0.15, -0.1) is 0 Å². The summed E-state index contributed by atoms with van der Waals surface area (Å²) in [5, 5.41) is 0. The molecule has 0 radical (unpaired) electrons. The maximum atomic E-state index is 11.0. The topological polar surface area (TPSA) is 143 Å². The summed E-state index contributed by atoms with van der Waals surface area (Å²) in [5.74, 6) is -1.84. The molecular weight excluding hydrogens is 204 g/mol. The van der Waals surface area contributed by atoms with Crippen LogP contribution in [0.2, 0.25) is 0 Å². The maximum absolute atomic E-state index is 11.0. The molecular formula is C7H14N4O4. The molecule has 0 bridgehead atoms. The molecule has 0 unspecified atom stereocenters. The molecule has 0 fully saturated rings. The van der Waals surface area contributed by atoms with Gasteiger partial charge < -0.3 is 26.9 Å². The van der Waals surface area contributed by atoms with Crippen LogP contribution in [0.15, 0.2) is 11.3 Å². The number of carbonyl (C=O) groups is 2. The largest absolute Gasteiger partial charge is 0.393 e. The van der Waals surface area contributed by atoms with E-state index in [0.717, 1.165) is 0 Å². The van der Waals surface area contributed by atoms with Crippen LogP contribution in [0.25, 0.3) is 0 Å². The minimum absolute atomic E-state index is 0.0874. The Kier molecular flexibility index (Phi) is 5.31. The van der Waals surface area contributed by atoms with Crippen LogP contribution < -0.4 is 22.8 Å². The highest BCUT2D eigenvalue weighted by atomic mass is 16.9. The first-order chi connectivity index (χ1) is 6.86. The van der Waals surface area contributed by atoms with E-state index in [4.69, 9.17) is 17.2 Å². The van der Waals surface area contributed by atoms with E-state index in [9.17, 15) is 9.59 Å². The molecule has 0 spiro atoms. The lowest BCUT2D eigenvalue weighted by atomic mass is 10.3. The van der Waals surface area contributed by atoms with Gasteiger partial charge in [-0.1, -0.05) is 0 Å². The summed E-state index contributed by atoms with van der Waals surface area (Å²) in [6.45, 7) is 3.25. The van der Waals surface area contributed by atoms with Crippen LogP contribution in [0.1, 0.15) is 13.8 Å². The predicted octanol–water partition coefficient (Wildman–Crippen LogP) is -2.01. The second kappa shape index (κ2) is 5.96. The third-order valence-corrected chi connectivity index (χ3v) is 1.31. The third-order valence-electron chi connectivity index (χ3n) is 1.31. The van der Waals surface area contributed by atoms with Gasteiger partial charge in [0.2, 0.25) is 0 Å². The molecule has 7 N–H and O–H groups in total. The van der Waals surface area contributed by atoms with Gasteiger partial charge in [-0.25, -0.2) is 9.59 Å². The van der Waals surface area contributed by atoms with Crippen LogP contribution >= 0.6 is 0 Å². The lowest BCUT2D eigenvalue weighted by Gasteiger charge is -2.07. The highest BCUT2D eigenvalue weighted by Crippen LogP contribution is 1.96. The van der Waals surface area contributed by atoms with Crippen molar-refractivity contribution in [2.45, 2.75) is 20.0 Å². The number of carbonyl (C=O) groups excluding carboxylic acids is 2. The van der Waals surface area contributed by atoms with Gasteiger partial charge in [-0.2, -0.15) is 0 Å². The molecule has 0 atom stereocenters. The summed E-state index contributed by atoms with van der Waals surface area (Å²) in [4.78, 5) is 30.1. The SMILES string of the molecule is CC(C)=C(N)C(=O)ONOC(=O)C(N)N. The fraction of sp³-hybridized carbons (Fsp3) is 0.429. The zero-order valence-corrected chi connectivity index (χ0v) is 8.44. The average Bonchev–Trinajstić information content (AvgIpc) is 2.15. The van der Waals surface area contributed by atoms with Gasteiger partial charge >= 0.3 is 11.9 Å². The van der Waals surface area contributed by atoms with Crippen molar-refractivity contribution in [2.24, 2.45) is 17.2 Å². The van der Waals surface area contributed by atoms with Crippen molar-refractivity contribution >= 4 is 11.9 Å². The second-order valence-corrected chi connectivity index (χ2v) is 2.83. The van der Waals surface area contributed by atoms with Gasteiger partial charge in [-0.3, -0.25) is 0 Å². The van der Waals surface area contributed by atoms with E-state index in [0.29, 0.717) is 5.57 Å². The fourth-order valence-electron chi connectivity index (χ4n) is 0.427. The van der Waals surface area contributed by atoms with E-state index in [1.54, 1.807) is 19.5 Å². The Morgan fingerprint density at radius 2 is 1.73 bits per heavy atom. The summed E-state index contributed by atoms with van der Waals surface area (Å²) in [7, 11) is 0. The molecule has 0 aliphatic rings. The molecule has 0 aliphatic carbocycles. The van der Waals surface area contributed by atoms with Crippen molar-refractivity contribution in [1.82, 2.24) is 5.64 Å².